The molecule has 2 atom stereocenters. The molecule has 1 aliphatic heterocycles. The predicted octanol–water partition coefficient (Wildman–Crippen LogP) is 4.55. The number of rotatable bonds is 2. The average molecular weight is 359 g/mol. The van der Waals surface area contributed by atoms with E-state index in [0.717, 1.165) is 23.4 Å². The van der Waals surface area contributed by atoms with Crippen LogP contribution in [-0.2, 0) is 4.79 Å². The molecule has 1 aliphatic carbocycles. The van der Waals surface area contributed by atoms with Gasteiger partial charge in [0.15, 0.2) is 0 Å². The Morgan fingerprint density at radius 1 is 1.16 bits per heavy atom. The minimum atomic E-state index is -0.358. The Kier molecular flexibility index (Phi) is 5.55. The van der Waals surface area contributed by atoms with Crippen LogP contribution in [0, 0.1) is 23.2 Å². The van der Waals surface area contributed by atoms with Gasteiger partial charge in [-0.3, -0.25) is 4.79 Å². The second-order valence-electron chi connectivity index (χ2n) is 8.53. The number of carbonyl (C=O) groups excluding carboxylic acids is 1. The molecule has 2 aliphatic rings. The molecule has 1 aromatic heterocycles. The highest BCUT2D eigenvalue weighted by Crippen LogP contribution is 2.37. The maximum Gasteiger partial charge on any atom is 0.244 e. The molecule has 2 heterocycles. The van der Waals surface area contributed by atoms with Crippen molar-refractivity contribution in [2.75, 3.05) is 4.90 Å². The molecule has 1 saturated carbocycles. The number of amides is 1. The van der Waals surface area contributed by atoms with Gasteiger partial charge < -0.3 is 10.6 Å². The number of nitrogens with two attached hydrogens (primary N) is 1. The van der Waals surface area contributed by atoms with E-state index in [4.69, 9.17) is 5.73 Å². The lowest BCUT2D eigenvalue weighted by molar-refractivity contribution is -0.122. The molecule has 0 bridgehead atoms. The molecular weight excluding hydrogens is 328 g/mol. The Balaban J connectivity index is 1.86. The third-order valence-electron chi connectivity index (χ3n) is 5.28. The molecule has 3 nitrogen and oxygen atoms in total. The van der Waals surface area contributed by atoms with Crippen molar-refractivity contribution in [2.45, 2.75) is 77.8 Å². The minimum absolute atomic E-state index is 0.0158. The summed E-state index contributed by atoms with van der Waals surface area (Å²) in [6, 6.07) is 2.03. The Bertz CT molecular complexity index is 670. The van der Waals surface area contributed by atoms with Crippen molar-refractivity contribution in [2.24, 2.45) is 17.1 Å². The van der Waals surface area contributed by atoms with Crippen molar-refractivity contribution in [1.29, 1.82) is 0 Å². The van der Waals surface area contributed by atoms with E-state index in [1.807, 2.05) is 4.90 Å². The van der Waals surface area contributed by atoms with Gasteiger partial charge in [0.1, 0.15) is 0 Å². The molecule has 1 amide bonds. The van der Waals surface area contributed by atoms with Crippen LogP contribution in [0.4, 0.5) is 5.69 Å². The fraction of sp³-hybridized carbons (Fsp3) is 0.667. The lowest BCUT2D eigenvalue weighted by Gasteiger charge is -2.43. The molecule has 25 heavy (non-hydrogen) atoms. The predicted molar refractivity (Wildman–Crippen MR) is 106 cm³/mol. The summed E-state index contributed by atoms with van der Waals surface area (Å²) in [6.07, 6.45) is 8.24. The largest absolute Gasteiger partial charge is 0.320 e. The van der Waals surface area contributed by atoms with Crippen LogP contribution in [0.5, 0.6) is 0 Å². The Labute approximate surface area is 156 Å². The van der Waals surface area contributed by atoms with Crippen LogP contribution in [0.2, 0.25) is 0 Å². The third kappa shape index (κ3) is 4.46. The van der Waals surface area contributed by atoms with Gasteiger partial charge in [-0.05, 0) is 58.4 Å². The Morgan fingerprint density at radius 3 is 2.56 bits per heavy atom. The van der Waals surface area contributed by atoms with E-state index >= 15 is 0 Å². The number of thiophene rings is 1. The monoisotopic (exact) mass is 358 g/mol. The van der Waals surface area contributed by atoms with E-state index in [0.29, 0.717) is 12.0 Å². The van der Waals surface area contributed by atoms with Gasteiger partial charge in [-0.1, -0.05) is 31.1 Å². The zero-order chi connectivity index (χ0) is 18.0. The molecule has 1 saturated heterocycles. The molecule has 0 spiro atoms. The summed E-state index contributed by atoms with van der Waals surface area (Å²) in [5, 5.41) is 2.08. The molecule has 0 radical (unpaired) electrons. The van der Waals surface area contributed by atoms with Gasteiger partial charge in [0.25, 0.3) is 0 Å². The van der Waals surface area contributed by atoms with Crippen LogP contribution in [0.15, 0.2) is 11.4 Å². The van der Waals surface area contributed by atoms with Crippen molar-refractivity contribution in [3.63, 3.8) is 0 Å². The number of carbonyl (C=O) groups is 1. The van der Waals surface area contributed by atoms with E-state index in [1.165, 1.54) is 32.1 Å². The van der Waals surface area contributed by atoms with Gasteiger partial charge in [0.05, 0.1) is 16.6 Å². The number of hydrogen-bond donors (Lipinski definition) is 1. The van der Waals surface area contributed by atoms with Crippen molar-refractivity contribution < 1.29 is 4.79 Å². The number of hydrogen-bond acceptors (Lipinski definition) is 3. The molecule has 1 aromatic rings. The quantitative estimate of drug-likeness (QED) is 0.789. The van der Waals surface area contributed by atoms with Gasteiger partial charge >= 0.3 is 0 Å². The number of piperidine rings is 1. The second kappa shape index (κ2) is 7.51. The molecule has 2 fully saturated rings. The molecule has 3 rings (SSSR count). The van der Waals surface area contributed by atoms with E-state index in [2.05, 4.69) is 44.1 Å². The normalized spacial score (nSPS) is 25.6. The Hall–Kier alpha value is -1.31. The van der Waals surface area contributed by atoms with E-state index in [9.17, 15) is 4.79 Å². The van der Waals surface area contributed by atoms with Crippen LogP contribution >= 0.6 is 11.3 Å². The highest BCUT2D eigenvalue weighted by atomic mass is 32.1. The highest BCUT2D eigenvalue weighted by molar-refractivity contribution is 7.11. The zero-order valence-corrected chi connectivity index (χ0v) is 16.5. The molecule has 4 heteroatoms. The van der Waals surface area contributed by atoms with Crippen LogP contribution < -0.4 is 10.6 Å². The molecule has 0 aromatic carbocycles. The van der Waals surface area contributed by atoms with Crippen LogP contribution in [0.1, 0.15) is 70.6 Å². The first-order valence-electron chi connectivity index (χ1n) is 9.55. The topological polar surface area (TPSA) is 46.3 Å². The zero-order valence-electron chi connectivity index (χ0n) is 15.7. The van der Waals surface area contributed by atoms with Gasteiger partial charge in [-0.25, -0.2) is 0 Å². The molecule has 136 valence electrons. The van der Waals surface area contributed by atoms with Gasteiger partial charge in [-0.15, -0.1) is 11.3 Å². The van der Waals surface area contributed by atoms with Crippen molar-refractivity contribution in [1.82, 2.24) is 0 Å². The SMILES string of the molecule is CC(C)(C)C#Cc1cc(N2C(=O)C(N)CC[C@H]2C2CCCCC2)cs1. The minimum Gasteiger partial charge on any atom is -0.320 e. The average Bonchev–Trinajstić information content (AvgIpc) is 3.04. The van der Waals surface area contributed by atoms with Gasteiger partial charge in [-0.2, -0.15) is 0 Å². The van der Waals surface area contributed by atoms with Crippen LogP contribution in [0.25, 0.3) is 0 Å². The maximum atomic E-state index is 12.9. The maximum absolute atomic E-state index is 12.9. The first kappa shape index (κ1) is 18.5. The summed E-state index contributed by atoms with van der Waals surface area (Å²) in [4.78, 5) is 15.9. The molecular formula is C21H30N2OS. The lowest BCUT2D eigenvalue weighted by atomic mass is 9.79. The summed E-state index contributed by atoms with van der Waals surface area (Å²) in [7, 11) is 0. The third-order valence-corrected chi connectivity index (χ3v) is 6.11. The van der Waals surface area contributed by atoms with Crippen LogP contribution in [0.3, 0.4) is 0 Å². The summed E-state index contributed by atoms with van der Waals surface area (Å²) in [6.45, 7) is 6.34. The number of anilines is 1. The summed E-state index contributed by atoms with van der Waals surface area (Å²) < 4.78 is 0. The van der Waals surface area contributed by atoms with Crippen molar-refractivity contribution in [3.05, 3.63) is 16.3 Å². The Morgan fingerprint density at radius 2 is 1.88 bits per heavy atom. The number of nitrogens with zero attached hydrogens (tertiary/aromatic N) is 1. The second-order valence-corrected chi connectivity index (χ2v) is 9.44. The van der Waals surface area contributed by atoms with E-state index in [-0.39, 0.29) is 17.4 Å². The standard InChI is InChI=1S/C21H30N2OS/c1-21(2,3)12-11-17-13-16(14-25-17)23-19(10-9-18(22)20(23)24)15-7-5-4-6-8-15/h13-15,18-19H,4-10,22H2,1-3H3/t18?,19-/m0/s1. The van der Waals surface area contributed by atoms with Crippen molar-refractivity contribution in [3.8, 4) is 11.8 Å². The summed E-state index contributed by atoms with van der Waals surface area (Å²) in [5.41, 5.74) is 7.09. The summed E-state index contributed by atoms with van der Waals surface area (Å²) in [5.74, 6) is 7.26. The lowest BCUT2D eigenvalue weighted by Crippen LogP contribution is -2.56. The first-order valence-corrected chi connectivity index (χ1v) is 10.4. The van der Waals surface area contributed by atoms with Crippen LogP contribution in [-0.4, -0.2) is 18.0 Å². The van der Waals surface area contributed by atoms with Crippen molar-refractivity contribution >= 4 is 22.9 Å². The smallest absolute Gasteiger partial charge is 0.244 e. The van der Waals surface area contributed by atoms with E-state index < -0.39 is 0 Å². The fourth-order valence-corrected chi connectivity index (χ4v) is 4.72. The summed E-state index contributed by atoms with van der Waals surface area (Å²) >= 11 is 1.63. The van der Waals surface area contributed by atoms with Gasteiger partial charge in [0.2, 0.25) is 5.91 Å². The first-order chi connectivity index (χ1) is 11.8. The molecule has 2 N–H and O–H groups in total. The molecule has 1 unspecified atom stereocenters. The fourth-order valence-electron chi connectivity index (χ4n) is 4.00. The van der Waals surface area contributed by atoms with E-state index in [1.54, 1.807) is 11.3 Å². The van der Waals surface area contributed by atoms with Gasteiger partial charge in [0, 0.05) is 16.8 Å². The highest BCUT2D eigenvalue weighted by Gasteiger charge is 2.39.